The van der Waals surface area contributed by atoms with Gasteiger partial charge >= 0.3 is 0 Å². The second kappa shape index (κ2) is 9.30. The number of hydrogen-bond donors (Lipinski definition) is 2. The molecule has 2 aromatic rings. The number of anilines is 1. The van der Waals surface area contributed by atoms with E-state index in [1.807, 2.05) is 45.9 Å². The van der Waals surface area contributed by atoms with Crippen molar-refractivity contribution in [3.05, 3.63) is 81.9 Å². The van der Waals surface area contributed by atoms with E-state index >= 15 is 0 Å². The fourth-order valence-electron chi connectivity index (χ4n) is 4.58. The molecule has 0 aromatic heterocycles. The van der Waals surface area contributed by atoms with Crippen molar-refractivity contribution in [2.45, 2.75) is 46.5 Å². The average Bonchev–Trinajstić information content (AvgIpc) is 2.79. The number of nitrogens with one attached hydrogen (secondary N) is 1. The van der Waals surface area contributed by atoms with Gasteiger partial charge in [-0.1, -0.05) is 38.1 Å². The van der Waals surface area contributed by atoms with Crippen LogP contribution in [-0.4, -0.2) is 18.3 Å². The lowest BCUT2D eigenvalue weighted by molar-refractivity contribution is -0.119. The van der Waals surface area contributed by atoms with Gasteiger partial charge in [0, 0.05) is 24.1 Å². The number of carbonyl (C=O) groups is 2. The van der Waals surface area contributed by atoms with Crippen LogP contribution in [0.5, 0.6) is 5.75 Å². The number of nitrogens with two attached hydrogens (primary N) is 1. The SMILES string of the molecule is Cc1ccc(C)c(NC(=O)COc2ccc(C3C(C#N)=C(N)OC4=C3C(=O)CC(C)(C)C4)cc2)c1. The van der Waals surface area contributed by atoms with Crippen LogP contribution in [0.3, 0.4) is 0 Å². The van der Waals surface area contributed by atoms with Gasteiger partial charge in [0.15, 0.2) is 12.4 Å². The zero-order valence-corrected chi connectivity index (χ0v) is 20.4. The first-order valence-electron chi connectivity index (χ1n) is 11.5. The largest absolute Gasteiger partial charge is 0.484 e. The normalized spacial score (nSPS) is 18.9. The lowest BCUT2D eigenvalue weighted by Gasteiger charge is -2.37. The molecule has 2 aromatic carbocycles. The van der Waals surface area contributed by atoms with Crippen molar-refractivity contribution in [3.8, 4) is 11.8 Å². The molecule has 35 heavy (non-hydrogen) atoms. The van der Waals surface area contributed by atoms with E-state index in [9.17, 15) is 14.9 Å². The molecule has 1 aliphatic carbocycles. The van der Waals surface area contributed by atoms with Gasteiger partial charge in [-0.15, -0.1) is 0 Å². The minimum absolute atomic E-state index is 0.0326. The molecule has 1 heterocycles. The van der Waals surface area contributed by atoms with Crippen LogP contribution < -0.4 is 15.8 Å². The number of ether oxygens (including phenoxy) is 2. The van der Waals surface area contributed by atoms with Gasteiger partial charge in [0.2, 0.25) is 5.88 Å². The van der Waals surface area contributed by atoms with E-state index in [4.69, 9.17) is 15.2 Å². The highest BCUT2D eigenvalue weighted by molar-refractivity contribution is 6.00. The molecule has 7 nitrogen and oxygen atoms in total. The Morgan fingerprint density at radius 2 is 1.91 bits per heavy atom. The quantitative estimate of drug-likeness (QED) is 0.649. The Bertz CT molecular complexity index is 1300. The van der Waals surface area contributed by atoms with E-state index in [-0.39, 0.29) is 35.2 Å². The number of nitriles is 1. The number of nitrogens with zero attached hydrogens (tertiary/aromatic N) is 1. The molecule has 180 valence electrons. The summed E-state index contributed by atoms with van der Waals surface area (Å²) in [4.78, 5) is 25.4. The molecule has 7 heteroatoms. The Morgan fingerprint density at radius 1 is 1.20 bits per heavy atom. The monoisotopic (exact) mass is 471 g/mol. The molecule has 3 N–H and O–H groups in total. The van der Waals surface area contributed by atoms with Crippen molar-refractivity contribution in [3.63, 3.8) is 0 Å². The van der Waals surface area contributed by atoms with Crippen LogP contribution in [0.25, 0.3) is 0 Å². The molecule has 1 amide bonds. The van der Waals surface area contributed by atoms with Crippen molar-refractivity contribution >= 4 is 17.4 Å². The summed E-state index contributed by atoms with van der Waals surface area (Å²) in [5.41, 5.74) is 10.1. The second-order valence-corrected chi connectivity index (χ2v) is 9.93. The van der Waals surface area contributed by atoms with Gasteiger partial charge in [0.1, 0.15) is 23.2 Å². The van der Waals surface area contributed by atoms with E-state index < -0.39 is 5.92 Å². The molecule has 0 fully saturated rings. The molecule has 4 rings (SSSR count). The molecule has 0 radical (unpaired) electrons. The van der Waals surface area contributed by atoms with Crippen LogP contribution in [0, 0.1) is 30.6 Å². The topological polar surface area (TPSA) is 114 Å². The number of allylic oxidation sites excluding steroid dienone is 3. The van der Waals surface area contributed by atoms with Crippen LogP contribution in [-0.2, 0) is 14.3 Å². The van der Waals surface area contributed by atoms with Gasteiger partial charge in [-0.3, -0.25) is 9.59 Å². The fraction of sp³-hybridized carbons (Fsp3) is 0.321. The van der Waals surface area contributed by atoms with Crippen molar-refractivity contribution in [2.24, 2.45) is 11.1 Å². The predicted molar refractivity (Wildman–Crippen MR) is 132 cm³/mol. The Kier molecular flexibility index (Phi) is 6.40. The third-order valence-electron chi connectivity index (χ3n) is 6.33. The Labute approximate surface area is 205 Å². The van der Waals surface area contributed by atoms with Crippen molar-refractivity contribution in [2.75, 3.05) is 11.9 Å². The maximum atomic E-state index is 13.1. The first-order chi connectivity index (χ1) is 16.6. The molecule has 2 aliphatic rings. The van der Waals surface area contributed by atoms with Crippen LogP contribution in [0.2, 0.25) is 0 Å². The molecular weight excluding hydrogens is 442 g/mol. The maximum Gasteiger partial charge on any atom is 0.262 e. The Morgan fingerprint density at radius 3 is 2.60 bits per heavy atom. The highest BCUT2D eigenvalue weighted by Gasteiger charge is 2.42. The second-order valence-electron chi connectivity index (χ2n) is 9.93. The van der Waals surface area contributed by atoms with Gasteiger partial charge in [0.05, 0.1) is 5.92 Å². The lowest BCUT2D eigenvalue weighted by Crippen LogP contribution is -2.33. The average molecular weight is 472 g/mol. The number of rotatable bonds is 5. The van der Waals surface area contributed by atoms with Crippen LogP contribution >= 0.6 is 0 Å². The summed E-state index contributed by atoms with van der Waals surface area (Å²) in [6.07, 6.45) is 0.946. The van der Waals surface area contributed by atoms with E-state index in [0.29, 0.717) is 29.9 Å². The standard InChI is InChI=1S/C28H29N3O4/c1-16-5-6-17(2)21(11-16)31-24(33)15-34-19-9-7-18(8-10-19)25-20(14-29)27(30)35-23-13-28(3,4)12-22(32)26(23)25/h5-11,25H,12-13,15,30H2,1-4H3,(H,31,33). The summed E-state index contributed by atoms with van der Waals surface area (Å²) in [6, 6.07) is 15.0. The van der Waals surface area contributed by atoms with Gasteiger partial charge in [0.25, 0.3) is 5.91 Å². The van der Waals surface area contributed by atoms with Crippen molar-refractivity contribution in [1.82, 2.24) is 0 Å². The molecule has 1 aliphatic heterocycles. The molecule has 0 bridgehead atoms. The summed E-state index contributed by atoms with van der Waals surface area (Å²) < 4.78 is 11.4. The number of benzene rings is 2. The van der Waals surface area contributed by atoms with Crippen LogP contribution in [0.15, 0.2) is 65.3 Å². The summed E-state index contributed by atoms with van der Waals surface area (Å²) in [5, 5.41) is 12.6. The fourth-order valence-corrected chi connectivity index (χ4v) is 4.58. The summed E-state index contributed by atoms with van der Waals surface area (Å²) in [6.45, 7) is 7.77. The predicted octanol–water partition coefficient (Wildman–Crippen LogP) is 4.77. The maximum absolute atomic E-state index is 13.1. The Hall–Kier alpha value is -4.05. The number of amides is 1. The molecule has 0 saturated heterocycles. The first kappa shape index (κ1) is 24.1. The van der Waals surface area contributed by atoms with E-state index in [1.165, 1.54) is 0 Å². The van der Waals surface area contributed by atoms with E-state index in [2.05, 4.69) is 11.4 Å². The lowest BCUT2D eigenvalue weighted by atomic mass is 9.70. The van der Waals surface area contributed by atoms with Crippen molar-refractivity contribution < 1.29 is 19.1 Å². The zero-order chi connectivity index (χ0) is 25.3. The molecule has 1 atom stereocenters. The van der Waals surface area contributed by atoms with Crippen molar-refractivity contribution in [1.29, 1.82) is 5.26 Å². The van der Waals surface area contributed by atoms with E-state index in [1.54, 1.807) is 24.3 Å². The molecular formula is C28H29N3O4. The number of ketones is 1. The summed E-state index contributed by atoms with van der Waals surface area (Å²) >= 11 is 0. The van der Waals surface area contributed by atoms with Crippen LogP contribution in [0.1, 0.15) is 49.3 Å². The third kappa shape index (κ3) is 5.07. The minimum atomic E-state index is -0.589. The number of aryl methyl sites for hydroxylation is 2. The molecule has 0 saturated carbocycles. The Balaban J connectivity index is 1.51. The number of carbonyl (C=O) groups excluding carboxylic acids is 2. The first-order valence-corrected chi connectivity index (χ1v) is 11.5. The summed E-state index contributed by atoms with van der Waals surface area (Å²) in [5.74, 6) is 0.179. The minimum Gasteiger partial charge on any atom is -0.484 e. The van der Waals surface area contributed by atoms with E-state index in [0.717, 1.165) is 22.4 Å². The van der Waals surface area contributed by atoms with Gasteiger partial charge in [-0.2, -0.15) is 5.26 Å². The molecule has 1 unspecified atom stereocenters. The van der Waals surface area contributed by atoms with Gasteiger partial charge in [-0.05, 0) is 54.2 Å². The highest BCUT2D eigenvalue weighted by Crippen LogP contribution is 2.47. The number of Topliss-reactive ketones (excluding diaryl/α,β-unsaturated/α-hetero) is 1. The van der Waals surface area contributed by atoms with Gasteiger partial charge < -0.3 is 20.5 Å². The summed E-state index contributed by atoms with van der Waals surface area (Å²) in [7, 11) is 0. The van der Waals surface area contributed by atoms with Crippen LogP contribution in [0.4, 0.5) is 5.69 Å². The third-order valence-corrected chi connectivity index (χ3v) is 6.33. The van der Waals surface area contributed by atoms with Gasteiger partial charge in [-0.25, -0.2) is 0 Å². The number of hydrogen-bond acceptors (Lipinski definition) is 6. The zero-order valence-electron chi connectivity index (χ0n) is 20.4. The smallest absolute Gasteiger partial charge is 0.262 e. The molecule has 0 spiro atoms. The highest BCUT2D eigenvalue weighted by atomic mass is 16.5.